The average Bonchev–Trinajstić information content (AvgIpc) is 3.37. The molecule has 0 bridgehead atoms. The Hall–Kier alpha value is -4.54. The van der Waals surface area contributed by atoms with Crippen molar-refractivity contribution in [3.05, 3.63) is 81.9 Å². The molecule has 0 saturated heterocycles. The Morgan fingerprint density at radius 1 is 1.03 bits per heavy atom. The zero-order chi connectivity index (χ0) is 22.0. The topological polar surface area (TPSA) is 141 Å². The van der Waals surface area contributed by atoms with Crippen LogP contribution in [-0.4, -0.2) is 30.8 Å². The molecule has 0 aliphatic heterocycles. The Bertz CT molecular complexity index is 1240. The smallest absolute Gasteiger partial charge is 0.395 e. The molecule has 31 heavy (non-hydrogen) atoms. The van der Waals surface area contributed by atoms with Crippen molar-refractivity contribution >= 4 is 29.0 Å². The number of rotatable bonds is 6. The summed E-state index contributed by atoms with van der Waals surface area (Å²) in [6, 6.07) is 14.8. The molecule has 11 nitrogen and oxygen atoms in total. The van der Waals surface area contributed by atoms with Crippen LogP contribution in [0.5, 0.6) is 0 Å². The van der Waals surface area contributed by atoms with Crippen molar-refractivity contribution in [1.29, 1.82) is 0 Å². The van der Waals surface area contributed by atoms with E-state index in [9.17, 15) is 14.9 Å². The lowest BCUT2D eigenvalue weighted by Gasteiger charge is -2.08. The van der Waals surface area contributed by atoms with Crippen LogP contribution >= 0.6 is 0 Å². The van der Waals surface area contributed by atoms with Gasteiger partial charge in [0, 0.05) is 17.1 Å². The number of aromatic nitrogens is 4. The molecule has 0 spiro atoms. The molecule has 3 heterocycles. The van der Waals surface area contributed by atoms with E-state index in [1.54, 1.807) is 35.0 Å². The van der Waals surface area contributed by atoms with Crippen LogP contribution in [0.4, 0.5) is 23.1 Å². The number of nitro groups is 1. The number of nitrogens with one attached hydrogen (secondary N) is 2. The summed E-state index contributed by atoms with van der Waals surface area (Å²) in [5.74, 6) is -0.0571. The summed E-state index contributed by atoms with van der Waals surface area (Å²) in [5, 5.41) is 29.1. The van der Waals surface area contributed by atoms with Crippen LogP contribution in [0, 0.1) is 24.0 Å². The third-order valence-corrected chi connectivity index (χ3v) is 4.29. The van der Waals surface area contributed by atoms with Gasteiger partial charge in [0.25, 0.3) is 5.91 Å². The quantitative estimate of drug-likeness (QED) is 0.355. The van der Waals surface area contributed by atoms with Crippen LogP contribution in [0.3, 0.4) is 0 Å². The molecule has 0 aliphatic carbocycles. The molecule has 2 N–H and O–H groups in total. The van der Waals surface area contributed by atoms with Gasteiger partial charge >= 0.3 is 5.88 Å². The first kappa shape index (κ1) is 19.8. The van der Waals surface area contributed by atoms with Crippen molar-refractivity contribution in [2.45, 2.75) is 13.8 Å². The first-order valence-electron chi connectivity index (χ1n) is 9.19. The van der Waals surface area contributed by atoms with Gasteiger partial charge in [-0.3, -0.25) is 14.9 Å². The van der Waals surface area contributed by atoms with Crippen LogP contribution in [0.25, 0.3) is 5.82 Å². The maximum Gasteiger partial charge on any atom is 0.433 e. The van der Waals surface area contributed by atoms with E-state index in [0.29, 0.717) is 17.3 Å². The Labute approximate surface area is 175 Å². The predicted octanol–water partition coefficient (Wildman–Crippen LogP) is 3.78. The predicted molar refractivity (Wildman–Crippen MR) is 112 cm³/mol. The molecule has 0 aliphatic rings. The second kappa shape index (κ2) is 8.06. The molecule has 156 valence electrons. The number of anilines is 3. The van der Waals surface area contributed by atoms with Gasteiger partial charge in [0.05, 0.1) is 11.8 Å². The Morgan fingerprint density at radius 3 is 2.35 bits per heavy atom. The molecular formula is C20H17N7O4. The van der Waals surface area contributed by atoms with Gasteiger partial charge in [-0.2, -0.15) is 5.10 Å². The van der Waals surface area contributed by atoms with Crippen molar-refractivity contribution in [2.24, 2.45) is 0 Å². The fourth-order valence-corrected chi connectivity index (χ4v) is 2.89. The lowest BCUT2D eigenvalue weighted by Crippen LogP contribution is -2.10. The fraction of sp³-hybridized carbons (Fsp3) is 0.100. The second-order valence-electron chi connectivity index (χ2n) is 6.67. The summed E-state index contributed by atoms with van der Waals surface area (Å²) in [6.45, 7) is 3.86. The highest BCUT2D eigenvalue weighted by Gasteiger charge is 2.17. The van der Waals surface area contributed by atoms with Crippen LogP contribution in [0.2, 0.25) is 0 Å². The Balaban J connectivity index is 1.39. The third-order valence-electron chi connectivity index (χ3n) is 4.29. The lowest BCUT2D eigenvalue weighted by molar-refractivity contribution is -0.402. The summed E-state index contributed by atoms with van der Waals surface area (Å²) in [6.07, 6.45) is 0. The summed E-state index contributed by atoms with van der Waals surface area (Å²) < 4.78 is 6.61. The Morgan fingerprint density at radius 2 is 1.77 bits per heavy atom. The van der Waals surface area contributed by atoms with E-state index in [-0.39, 0.29) is 5.76 Å². The van der Waals surface area contributed by atoms with Gasteiger partial charge in [0.1, 0.15) is 4.92 Å². The number of hydrogen-bond donors (Lipinski definition) is 2. The molecule has 4 aromatic rings. The van der Waals surface area contributed by atoms with Crippen molar-refractivity contribution in [1.82, 2.24) is 20.0 Å². The molecular weight excluding hydrogens is 402 g/mol. The molecule has 0 fully saturated rings. The van der Waals surface area contributed by atoms with Gasteiger partial charge in [-0.1, -0.05) is 0 Å². The maximum absolute atomic E-state index is 12.1. The highest BCUT2D eigenvalue weighted by atomic mass is 16.6. The first-order valence-corrected chi connectivity index (χ1v) is 9.19. The minimum absolute atomic E-state index is 0.146. The van der Waals surface area contributed by atoms with Crippen molar-refractivity contribution < 1.29 is 14.1 Å². The average molecular weight is 419 g/mol. The van der Waals surface area contributed by atoms with E-state index >= 15 is 0 Å². The molecule has 0 unspecified atom stereocenters. The van der Waals surface area contributed by atoms with E-state index in [4.69, 9.17) is 4.42 Å². The minimum atomic E-state index is -0.704. The lowest BCUT2D eigenvalue weighted by atomic mass is 10.2. The summed E-state index contributed by atoms with van der Waals surface area (Å²) in [4.78, 5) is 22.1. The Kier molecular flexibility index (Phi) is 5.14. The zero-order valence-corrected chi connectivity index (χ0v) is 16.6. The number of benzene rings is 1. The maximum atomic E-state index is 12.1. The number of amides is 1. The standard InChI is InChI=1S/C20H17N7O4/c1-12-11-13(2)26(25-12)18-9-8-17(23-24-18)21-14-3-5-15(6-4-14)22-20(28)16-7-10-19(31-16)27(29)30/h3-11H,1-2H3,(H,21,23)(H,22,28). The zero-order valence-electron chi connectivity index (χ0n) is 16.6. The number of hydrogen-bond acceptors (Lipinski definition) is 8. The second-order valence-corrected chi connectivity index (χ2v) is 6.67. The van der Waals surface area contributed by atoms with E-state index in [0.717, 1.165) is 23.1 Å². The molecule has 0 radical (unpaired) electrons. The van der Waals surface area contributed by atoms with Gasteiger partial charge in [-0.25, -0.2) is 4.68 Å². The minimum Gasteiger partial charge on any atom is -0.395 e. The van der Waals surface area contributed by atoms with E-state index in [2.05, 4.69) is 25.9 Å². The van der Waals surface area contributed by atoms with Crippen LogP contribution in [-0.2, 0) is 0 Å². The molecule has 4 rings (SSSR count). The van der Waals surface area contributed by atoms with Gasteiger partial charge in [0.15, 0.2) is 17.4 Å². The number of nitrogens with zero attached hydrogens (tertiary/aromatic N) is 5. The highest BCUT2D eigenvalue weighted by molar-refractivity contribution is 6.02. The molecule has 0 atom stereocenters. The van der Waals surface area contributed by atoms with E-state index in [1.165, 1.54) is 6.07 Å². The molecule has 11 heteroatoms. The van der Waals surface area contributed by atoms with Crippen molar-refractivity contribution in [3.63, 3.8) is 0 Å². The first-order chi connectivity index (χ1) is 14.9. The van der Waals surface area contributed by atoms with Gasteiger partial charge in [-0.05, 0) is 62.4 Å². The third kappa shape index (κ3) is 4.40. The van der Waals surface area contributed by atoms with E-state index in [1.807, 2.05) is 26.0 Å². The largest absolute Gasteiger partial charge is 0.433 e. The molecule has 1 aromatic carbocycles. The monoisotopic (exact) mass is 419 g/mol. The number of aryl methyl sites for hydroxylation is 2. The molecule has 3 aromatic heterocycles. The fourth-order valence-electron chi connectivity index (χ4n) is 2.89. The van der Waals surface area contributed by atoms with Gasteiger partial charge < -0.3 is 15.1 Å². The van der Waals surface area contributed by atoms with Crippen LogP contribution in [0.1, 0.15) is 21.9 Å². The summed E-state index contributed by atoms with van der Waals surface area (Å²) >= 11 is 0. The SMILES string of the molecule is Cc1cc(C)n(-c2ccc(Nc3ccc(NC(=O)c4ccc([N+](=O)[O-])o4)cc3)nn2)n1. The summed E-state index contributed by atoms with van der Waals surface area (Å²) in [5.41, 5.74) is 3.11. The normalized spacial score (nSPS) is 10.6. The van der Waals surface area contributed by atoms with E-state index < -0.39 is 16.7 Å². The molecule has 0 saturated carbocycles. The molecule has 1 amide bonds. The van der Waals surface area contributed by atoms with Crippen LogP contribution < -0.4 is 10.6 Å². The number of carbonyl (C=O) groups excluding carboxylic acids is 1. The van der Waals surface area contributed by atoms with Gasteiger partial charge in [0.2, 0.25) is 0 Å². The van der Waals surface area contributed by atoms with Crippen molar-refractivity contribution in [2.75, 3.05) is 10.6 Å². The van der Waals surface area contributed by atoms with Crippen LogP contribution in [0.15, 0.2) is 59.0 Å². The highest BCUT2D eigenvalue weighted by Crippen LogP contribution is 2.20. The summed E-state index contributed by atoms with van der Waals surface area (Å²) in [7, 11) is 0. The van der Waals surface area contributed by atoms with Gasteiger partial charge in [-0.15, -0.1) is 10.2 Å². The number of carbonyl (C=O) groups is 1. The van der Waals surface area contributed by atoms with Crippen molar-refractivity contribution in [3.8, 4) is 5.82 Å². The number of furan rings is 1.